The fourth-order valence-electron chi connectivity index (χ4n) is 1.65. The van der Waals surface area contributed by atoms with Gasteiger partial charge in [0.1, 0.15) is 6.61 Å². The Balaban J connectivity index is 2.37. The van der Waals surface area contributed by atoms with Crippen LogP contribution in [-0.2, 0) is 17.1 Å². The largest absolute Gasteiger partial charge is 0.384 e. The van der Waals surface area contributed by atoms with E-state index in [4.69, 9.17) is 16.7 Å². The number of aliphatic hydroxyl groups excluding tert-OH is 1. The molecule has 110 valence electrons. The number of aryl methyl sites for hydroxylation is 1. The van der Waals surface area contributed by atoms with E-state index in [1.165, 1.54) is 36.1 Å². The third-order valence-corrected chi connectivity index (χ3v) is 4.34. The highest BCUT2D eigenvalue weighted by Gasteiger charge is 2.19. The Morgan fingerprint density at radius 3 is 2.81 bits per heavy atom. The number of rotatable bonds is 3. The lowest BCUT2D eigenvalue weighted by atomic mass is 10.2. The molecule has 0 atom stereocenters. The molecule has 0 aliphatic rings. The Morgan fingerprint density at radius 1 is 1.43 bits per heavy atom. The fourth-order valence-corrected chi connectivity index (χ4v) is 3.06. The Labute approximate surface area is 127 Å². The van der Waals surface area contributed by atoms with E-state index in [1.807, 2.05) is 0 Å². The van der Waals surface area contributed by atoms with Gasteiger partial charge in [-0.1, -0.05) is 23.4 Å². The first-order chi connectivity index (χ1) is 9.94. The zero-order valence-electron chi connectivity index (χ0n) is 11.0. The van der Waals surface area contributed by atoms with Gasteiger partial charge in [0.15, 0.2) is 5.03 Å². The van der Waals surface area contributed by atoms with Crippen molar-refractivity contribution in [2.45, 2.75) is 5.03 Å². The van der Waals surface area contributed by atoms with E-state index >= 15 is 0 Å². The third-order valence-electron chi connectivity index (χ3n) is 2.57. The molecule has 0 bridgehead atoms. The van der Waals surface area contributed by atoms with Gasteiger partial charge >= 0.3 is 0 Å². The normalized spacial score (nSPS) is 10.8. The van der Waals surface area contributed by atoms with Crippen LogP contribution >= 0.6 is 11.6 Å². The quantitative estimate of drug-likeness (QED) is 0.831. The van der Waals surface area contributed by atoms with E-state index in [0.29, 0.717) is 5.56 Å². The van der Waals surface area contributed by atoms with Crippen molar-refractivity contribution in [3.63, 3.8) is 0 Å². The smallest absolute Gasteiger partial charge is 0.279 e. The molecule has 0 spiro atoms. The molecular weight excluding hydrogens is 314 g/mol. The summed E-state index contributed by atoms with van der Waals surface area (Å²) in [6, 6.07) is 6.04. The maximum Gasteiger partial charge on any atom is 0.279 e. The number of anilines is 1. The first kappa shape index (κ1) is 15.4. The number of aromatic nitrogens is 2. The van der Waals surface area contributed by atoms with Crippen LogP contribution in [0.1, 0.15) is 5.56 Å². The lowest BCUT2D eigenvalue weighted by Gasteiger charge is -2.10. The minimum absolute atomic E-state index is 0.0189. The zero-order valence-corrected chi connectivity index (χ0v) is 12.6. The van der Waals surface area contributed by atoms with Crippen LogP contribution in [0.3, 0.4) is 0 Å². The summed E-state index contributed by atoms with van der Waals surface area (Å²) in [4.78, 5) is 0. The molecular formula is C13H12ClN3O3S. The van der Waals surface area contributed by atoms with Crippen molar-refractivity contribution >= 4 is 27.3 Å². The minimum Gasteiger partial charge on any atom is -0.384 e. The summed E-state index contributed by atoms with van der Waals surface area (Å²) in [7, 11) is -2.26. The third kappa shape index (κ3) is 3.55. The number of hydrogen-bond donors (Lipinski definition) is 2. The summed E-state index contributed by atoms with van der Waals surface area (Å²) in [5.41, 5.74) is 0.749. The van der Waals surface area contributed by atoms with E-state index in [1.54, 1.807) is 6.07 Å². The van der Waals surface area contributed by atoms with Gasteiger partial charge in [-0.05, 0) is 24.3 Å². The highest BCUT2D eigenvalue weighted by atomic mass is 35.5. The Morgan fingerprint density at radius 2 is 2.19 bits per heavy atom. The van der Waals surface area contributed by atoms with Crippen LogP contribution in [0.25, 0.3) is 0 Å². The maximum absolute atomic E-state index is 12.3. The van der Waals surface area contributed by atoms with Gasteiger partial charge < -0.3 is 5.11 Å². The van der Waals surface area contributed by atoms with Gasteiger partial charge in [-0.3, -0.25) is 9.40 Å². The highest BCUT2D eigenvalue weighted by molar-refractivity contribution is 7.92. The molecule has 1 aromatic carbocycles. The van der Waals surface area contributed by atoms with Crippen LogP contribution in [0.5, 0.6) is 0 Å². The van der Waals surface area contributed by atoms with Crippen molar-refractivity contribution < 1.29 is 13.5 Å². The van der Waals surface area contributed by atoms with Crippen LogP contribution in [0.2, 0.25) is 5.02 Å². The van der Waals surface area contributed by atoms with Crippen LogP contribution in [0, 0.1) is 11.8 Å². The van der Waals surface area contributed by atoms with E-state index in [9.17, 15) is 8.42 Å². The van der Waals surface area contributed by atoms with Gasteiger partial charge in [0, 0.05) is 12.6 Å². The molecule has 0 amide bonds. The monoisotopic (exact) mass is 325 g/mol. The molecule has 0 fully saturated rings. The van der Waals surface area contributed by atoms with Crippen LogP contribution in [-0.4, -0.2) is 29.9 Å². The second-order valence-corrected chi connectivity index (χ2v) is 6.09. The molecule has 1 heterocycles. The summed E-state index contributed by atoms with van der Waals surface area (Å²) in [5.74, 6) is 5.16. The average molecular weight is 326 g/mol. The van der Waals surface area contributed by atoms with Gasteiger partial charge in [-0.2, -0.15) is 13.5 Å². The molecule has 2 rings (SSSR count). The van der Waals surface area contributed by atoms with Gasteiger partial charge in [0.25, 0.3) is 10.0 Å². The van der Waals surface area contributed by atoms with Gasteiger partial charge in [-0.15, -0.1) is 0 Å². The van der Waals surface area contributed by atoms with E-state index < -0.39 is 10.0 Å². The van der Waals surface area contributed by atoms with E-state index in [0.717, 1.165) is 0 Å². The summed E-state index contributed by atoms with van der Waals surface area (Å²) in [6.45, 7) is -0.279. The predicted molar refractivity (Wildman–Crippen MR) is 79.4 cm³/mol. The average Bonchev–Trinajstić information content (AvgIpc) is 2.86. The zero-order chi connectivity index (χ0) is 15.5. The highest BCUT2D eigenvalue weighted by Crippen LogP contribution is 2.25. The lowest BCUT2D eigenvalue weighted by molar-refractivity contribution is 0.350. The van der Waals surface area contributed by atoms with Crippen molar-refractivity contribution in [1.29, 1.82) is 0 Å². The molecule has 0 unspecified atom stereocenters. The van der Waals surface area contributed by atoms with Crippen molar-refractivity contribution in [3.05, 3.63) is 41.0 Å². The summed E-state index contributed by atoms with van der Waals surface area (Å²) in [6.07, 6.45) is 1.39. The summed E-state index contributed by atoms with van der Waals surface area (Å²) >= 11 is 5.99. The first-order valence-corrected chi connectivity index (χ1v) is 7.70. The molecule has 0 aliphatic carbocycles. The number of benzene rings is 1. The van der Waals surface area contributed by atoms with Gasteiger partial charge in [0.2, 0.25) is 0 Å². The number of nitrogens with zero attached hydrogens (tertiary/aromatic N) is 2. The van der Waals surface area contributed by atoms with Crippen molar-refractivity contribution in [2.24, 2.45) is 7.05 Å². The van der Waals surface area contributed by atoms with Gasteiger partial charge in [-0.25, -0.2) is 0 Å². The molecule has 21 heavy (non-hydrogen) atoms. The second-order valence-electron chi connectivity index (χ2n) is 4.05. The predicted octanol–water partition coefficient (Wildman–Crippen LogP) is 1.22. The standard InChI is InChI=1S/C13H12ClN3O3S/c1-17-13(6-7-15-17)21(19,20)16-12-9-10(3-2-8-18)4-5-11(12)14/h4-7,9,16,18H,8H2,1H3. The number of aliphatic hydroxyl groups is 1. The maximum atomic E-state index is 12.3. The molecule has 8 heteroatoms. The number of sulfonamides is 1. The SMILES string of the molecule is Cn1nccc1S(=O)(=O)Nc1cc(C#CCO)ccc1Cl. The second kappa shape index (κ2) is 6.18. The fraction of sp³-hybridized carbons (Fsp3) is 0.154. The van der Waals surface area contributed by atoms with Crippen molar-refractivity contribution in [1.82, 2.24) is 9.78 Å². The molecule has 2 N–H and O–H groups in total. The van der Waals surface area contributed by atoms with E-state index in [-0.39, 0.29) is 22.3 Å². The van der Waals surface area contributed by atoms with Crippen LogP contribution < -0.4 is 4.72 Å². The van der Waals surface area contributed by atoms with Crippen LogP contribution in [0.4, 0.5) is 5.69 Å². The summed E-state index contributed by atoms with van der Waals surface area (Å²) in [5, 5.41) is 12.8. The Bertz CT molecular complexity index is 819. The van der Waals surface area contributed by atoms with Gasteiger partial charge in [0.05, 0.1) is 16.9 Å². The first-order valence-electron chi connectivity index (χ1n) is 5.84. The Kier molecular flexibility index (Phi) is 4.53. The minimum atomic E-state index is -3.79. The number of halogens is 1. The molecule has 0 saturated heterocycles. The molecule has 0 aliphatic heterocycles. The Hall–Kier alpha value is -2.01. The topological polar surface area (TPSA) is 84.2 Å². The number of nitrogens with one attached hydrogen (secondary N) is 1. The van der Waals surface area contributed by atoms with Crippen molar-refractivity contribution in [2.75, 3.05) is 11.3 Å². The van der Waals surface area contributed by atoms with E-state index in [2.05, 4.69) is 21.7 Å². The van der Waals surface area contributed by atoms with Crippen LogP contribution in [0.15, 0.2) is 35.5 Å². The lowest BCUT2D eigenvalue weighted by Crippen LogP contribution is -2.17. The van der Waals surface area contributed by atoms with Crippen molar-refractivity contribution in [3.8, 4) is 11.8 Å². The molecule has 0 radical (unpaired) electrons. The summed E-state index contributed by atoms with van der Waals surface area (Å²) < 4.78 is 28.1. The molecule has 6 nitrogen and oxygen atoms in total. The molecule has 0 saturated carbocycles. The number of hydrogen-bond acceptors (Lipinski definition) is 4. The molecule has 2 aromatic rings. The molecule has 1 aromatic heterocycles.